The van der Waals surface area contributed by atoms with Crippen LogP contribution in [0.4, 0.5) is 0 Å². The van der Waals surface area contributed by atoms with Crippen molar-refractivity contribution in [3.63, 3.8) is 0 Å². The van der Waals surface area contributed by atoms with E-state index in [-0.39, 0.29) is 10.6 Å². The summed E-state index contributed by atoms with van der Waals surface area (Å²) >= 11 is 3.25. The van der Waals surface area contributed by atoms with E-state index in [9.17, 15) is 10.1 Å². The highest BCUT2D eigenvalue weighted by molar-refractivity contribution is 9.11. The standard InChI is InChI=1S/C10H12BrN2O3/c11-8-2-1-3-9(10(8)13(14)15)12-4-6-16-7-5-12/h2-3H,1,4-7H2. The molecule has 0 spiro atoms. The average Bonchev–Trinajstić information content (AvgIpc) is 2.29. The first-order valence-corrected chi connectivity index (χ1v) is 5.90. The van der Waals surface area contributed by atoms with Gasteiger partial charge in [-0.2, -0.15) is 0 Å². The third-order valence-corrected chi connectivity index (χ3v) is 3.31. The predicted octanol–water partition coefficient (Wildman–Crippen LogP) is 1.69. The predicted molar refractivity (Wildman–Crippen MR) is 62.3 cm³/mol. The number of allylic oxidation sites excluding steroid dienone is 2. The van der Waals surface area contributed by atoms with Crippen molar-refractivity contribution in [1.29, 1.82) is 0 Å². The summed E-state index contributed by atoms with van der Waals surface area (Å²) in [6.45, 7) is 2.68. The molecule has 1 aliphatic carbocycles. The van der Waals surface area contributed by atoms with Gasteiger partial charge >= 0.3 is 5.70 Å². The van der Waals surface area contributed by atoms with Gasteiger partial charge in [-0.3, -0.25) is 10.1 Å². The Balaban J connectivity index is 2.24. The lowest BCUT2D eigenvalue weighted by Gasteiger charge is -2.30. The maximum Gasteiger partial charge on any atom is 0.302 e. The summed E-state index contributed by atoms with van der Waals surface area (Å²) in [5.41, 5.74) is 0.871. The number of hydrogen-bond acceptors (Lipinski definition) is 4. The number of halogens is 1. The zero-order chi connectivity index (χ0) is 11.5. The first-order valence-electron chi connectivity index (χ1n) is 5.10. The number of ether oxygens (including phenoxy) is 1. The Bertz CT molecular complexity index is 359. The smallest absolute Gasteiger partial charge is 0.302 e. The van der Waals surface area contributed by atoms with Crippen LogP contribution in [0, 0.1) is 16.5 Å². The van der Waals surface area contributed by atoms with Crippen molar-refractivity contribution < 1.29 is 9.66 Å². The largest absolute Gasteiger partial charge is 0.378 e. The van der Waals surface area contributed by atoms with Gasteiger partial charge < -0.3 is 9.64 Å². The molecule has 6 heteroatoms. The molecular weight excluding hydrogens is 276 g/mol. The van der Waals surface area contributed by atoms with Gasteiger partial charge in [-0.25, -0.2) is 0 Å². The van der Waals surface area contributed by atoms with E-state index in [1.807, 2.05) is 17.4 Å². The van der Waals surface area contributed by atoms with E-state index in [4.69, 9.17) is 4.74 Å². The number of nitro groups is 1. The summed E-state index contributed by atoms with van der Waals surface area (Å²) in [5.74, 6) is 0. The number of rotatable bonds is 2. The topological polar surface area (TPSA) is 55.6 Å². The Morgan fingerprint density at radius 2 is 2.12 bits per heavy atom. The van der Waals surface area contributed by atoms with Gasteiger partial charge in [0.15, 0.2) is 0 Å². The number of hydrogen-bond donors (Lipinski definition) is 0. The van der Waals surface area contributed by atoms with Gasteiger partial charge in [0.25, 0.3) is 0 Å². The Morgan fingerprint density at radius 3 is 2.75 bits per heavy atom. The zero-order valence-corrected chi connectivity index (χ0v) is 10.3. The van der Waals surface area contributed by atoms with Crippen LogP contribution in [0.1, 0.15) is 6.42 Å². The average molecular weight is 288 g/mol. The molecule has 2 rings (SSSR count). The summed E-state index contributed by atoms with van der Waals surface area (Å²) in [6, 6.07) is 0. The Labute approximate surface area is 102 Å². The van der Waals surface area contributed by atoms with Gasteiger partial charge in [0, 0.05) is 19.5 Å². The van der Waals surface area contributed by atoms with Crippen LogP contribution in [0.2, 0.25) is 0 Å². The molecular formula is C10H12BrN2O3. The lowest BCUT2D eigenvalue weighted by atomic mass is 10.1. The Morgan fingerprint density at radius 1 is 1.44 bits per heavy atom. The fourth-order valence-electron chi connectivity index (χ4n) is 1.85. The van der Waals surface area contributed by atoms with Crippen molar-refractivity contribution >= 4 is 15.9 Å². The highest BCUT2D eigenvalue weighted by Crippen LogP contribution is 2.31. The lowest BCUT2D eigenvalue weighted by molar-refractivity contribution is -0.423. The summed E-state index contributed by atoms with van der Waals surface area (Å²) in [5, 5.41) is 11.0. The van der Waals surface area contributed by atoms with Crippen LogP contribution in [0.15, 0.2) is 22.0 Å². The molecule has 87 valence electrons. The molecule has 0 aromatic heterocycles. The molecule has 0 unspecified atom stereocenters. The molecule has 0 amide bonds. The molecule has 0 aromatic carbocycles. The van der Waals surface area contributed by atoms with Crippen LogP contribution >= 0.6 is 15.9 Å². The third kappa shape index (κ3) is 2.27. The van der Waals surface area contributed by atoms with Gasteiger partial charge in [-0.1, -0.05) is 6.08 Å². The van der Waals surface area contributed by atoms with Crippen LogP contribution in [0.25, 0.3) is 0 Å². The number of morpholine rings is 1. The molecule has 2 aliphatic rings. The summed E-state index contributed by atoms with van der Waals surface area (Å²) in [7, 11) is 0. The minimum Gasteiger partial charge on any atom is -0.378 e. The molecule has 0 N–H and O–H groups in total. The molecule has 5 nitrogen and oxygen atoms in total. The van der Waals surface area contributed by atoms with Crippen LogP contribution in [0.3, 0.4) is 0 Å². The second-order valence-corrected chi connectivity index (χ2v) is 4.44. The first-order chi connectivity index (χ1) is 7.70. The van der Waals surface area contributed by atoms with Gasteiger partial charge in [-0.15, -0.1) is 0 Å². The minimum atomic E-state index is -0.332. The fraction of sp³-hybridized carbons (Fsp3) is 0.500. The van der Waals surface area contributed by atoms with E-state index in [1.165, 1.54) is 0 Å². The van der Waals surface area contributed by atoms with Gasteiger partial charge in [0.05, 0.1) is 22.6 Å². The van der Waals surface area contributed by atoms with Crippen LogP contribution in [-0.2, 0) is 4.74 Å². The van der Waals surface area contributed by atoms with Gasteiger partial charge in [0.1, 0.15) is 5.70 Å². The number of nitrogens with zero attached hydrogens (tertiary/aromatic N) is 2. The zero-order valence-electron chi connectivity index (χ0n) is 8.69. The first kappa shape index (κ1) is 11.6. The monoisotopic (exact) mass is 287 g/mol. The van der Waals surface area contributed by atoms with E-state index in [0.717, 1.165) is 6.42 Å². The van der Waals surface area contributed by atoms with E-state index < -0.39 is 0 Å². The summed E-state index contributed by atoms with van der Waals surface area (Å²) in [4.78, 5) is 12.7. The van der Waals surface area contributed by atoms with Crippen molar-refractivity contribution in [3.8, 4) is 0 Å². The van der Waals surface area contributed by atoms with Crippen molar-refractivity contribution in [1.82, 2.24) is 4.90 Å². The highest BCUT2D eigenvalue weighted by Gasteiger charge is 2.30. The lowest BCUT2D eigenvalue weighted by Crippen LogP contribution is -2.37. The summed E-state index contributed by atoms with van der Waals surface area (Å²) in [6.07, 6.45) is 4.43. The van der Waals surface area contributed by atoms with Crippen molar-refractivity contribution in [2.24, 2.45) is 0 Å². The normalized spacial score (nSPS) is 22.1. The van der Waals surface area contributed by atoms with Crippen molar-refractivity contribution in [2.75, 3.05) is 26.3 Å². The second-order valence-electron chi connectivity index (χ2n) is 3.58. The molecule has 1 radical (unpaired) electrons. The Hall–Kier alpha value is -0.880. The van der Waals surface area contributed by atoms with E-state index in [2.05, 4.69) is 15.9 Å². The molecule has 1 heterocycles. The van der Waals surface area contributed by atoms with Crippen molar-refractivity contribution in [3.05, 3.63) is 38.5 Å². The molecule has 0 atom stereocenters. The quantitative estimate of drug-likeness (QED) is 0.573. The van der Waals surface area contributed by atoms with E-state index >= 15 is 0 Å². The highest BCUT2D eigenvalue weighted by atomic mass is 79.9. The molecule has 16 heavy (non-hydrogen) atoms. The molecule has 0 bridgehead atoms. The van der Waals surface area contributed by atoms with E-state index in [1.54, 1.807) is 0 Å². The maximum atomic E-state index is 11.0. The molecule has 1 saturated heterocycles. The Kier molecular flexibility index (Phi) is 3.60. The van der Waals surface area contributed by atoms with E-state index in [0.29, 0.717) is 36.5 Å². The fourth-order valence-corrected chi connectivity index (χ4v) is 2.39. The van der Waals surface area contributed by atoms with Gasteiger partial charge in [0.2, 0.25) is 0 Å². The third-order valence-electron chi connectivity index (χ3n) is 2.61. The SMILES string of the molecule is O=[N+]([O-])C1=C(Br)[CH]CC=C1N1CCOCC1. The van der Waals surface area contributed by atoms with Crippen LogP contribution < -0.4 is 0 Å². The van der Waals surface area contributed by atoms with Crippen molar-refractivity contribution in [2.45, 2.75) is 6.42 Å². The molecule has 0 saturated carbocycles. The molecule has 1 fully saturated rings. The van der Waals surface area contributed by atoms with Crippen LogP contribution in [-0.4, -0.2) is 36.1 Å². The molecule has 1 aliphatic heterocycles. The van der Waals surface area contributed by atoms with Crippen LogP contribution in [0.5, 0.6) is 0 Å². The summed E-state index contributed by atoms with van der Waals surface area (Å²) < 4.78 is 5.81. The molecule has 0 aromatic rings. The van der Waals surface area contributed by atoms with Gasteiger partial charge in [-0.05, 0) is 22.4 Å². The minimum absolute atomic E-state index is 0.160. The second kappa shape index (κ2) is 4.97. The maximum absolute atomic E-state index is 11.0.